The minimum absolute atomic E-state index is 0.645. The van der Waals surface area contributed by atoms with Gasteiger partial charge in [-0.25, -0.2) is 4.98 Å². The fraction of sp³-hybridized carbons (Fsp3) is 0.300. The molecule has 0 bridgehead atoms. The van der Waals surface area contributed by atoms with Crippen molar-refractivity contribution in [2.45, 2.75) is 12.8 Å². The minimum Gasteiger partial charge on any atom is -0.375 e. The van der Waals surface area contributed by atoms with Crippen molar-refractivity contribution >= 4 is 39.3 Å². The van der Waals surface area contributed by atoms with Gasteiger partial charge in [-0.1, -0.05) is 17.4 Å². The van der Waals surface area contributed by atoms with E-state index in [1.807, 2.05) is 6.07 Å². The molecule has 0 spiro atoms. The van der Waals surface area contributed by atoms with Crippen molar-refractivity contribution in [2.75, 3.05) is 11.5 Å². The molecule has 0 saturated heterocycles. The van der Waals surface area contributed by atoms with Crippen LogP contribution in [0.15, 0.2) is 18.2 Å². The van der Waals surface area contributed by atoms with Crippen LogP contribution in [0.1, 0.15) is 12.0 Å². The van der Waals surface area contributed by atoms with Gasteiger partial charge in [0.15, 0.2) is 5.13 Å². The molecular formula is C10H12N2S2. The van der Waals surface area contributed by atoms with Crippen LogP contribution in [0.5, 0.6) is 0 Å². The van der Waals surface area contributed by atoms with Gasteiger partial charge in [0.2, 0.25) is 0 Å². The first-order valence-electron chi connectivity index (χ1n) is 4.55. The second-order valence-electron chi connectivity index (χ2n) is 3.18. The number of nitrogens with zero attached hydrogens (tertiary/aromatic N) is 1. The Bertz CT molecular complexity index is 437. The zero-order valence-electron chi connectivity index (χ0n) is 7.73. The van der Waals surface area contributed by atoms with E-state index in [9.17, 15) is 0 Å². The van der Waals surface area contributed by atoms with E-state index < -0.39 is 0 Å². The SMILES string of the molecule is Nc1nc2ccc(CCCS)cc2s1. The summed E-state index contributed by atoms with van der Waals surface area (Å²) in [6.45, 7) is 0. The van der Waals surface area contributed by atoms with E-state index in [2.05, 4.69) is 29.7 Å². The van der Waals surface area contributed by atoms with Gasteiger partial charge in [0, 0.05) is 0 Å². The first kappa shape index (κ1) is 9.80. The van der Waals surface area contributed by atoms with E-state index in [0.29, 0.717) is 5.13 Å². The minimum atomic E-state index is 0.645. The van der Waals surface area contributed by atoms with Crippen LogP contribution in [0.4, 0.5) is 5.13 Å². The lowest BCUT2D eigenvalue weighted by molar-refractivity contribution is 0.938. The normalized spacial score (nSPS) is 10.9. The summed E-state index contributed by atoms with van der Waals surface area (Å²) < 4.78 is 1.18. The summed E-state index contributed by atoms with van der Waals surface area (Å²) in [7, 11) is 0. The van der Waals surface area contributed by atoms with Crippen LogP contribution in [0.2, 0.25) is 0 Å². The molecule has 1 aromatic carbocycles. The van der Waals surface area contributed by atoms with E-state index in [0.717, 1.165) is 24.1 Å². The fourth-order valence-electron chi connectivity index (χ4n) is 1.43. The van der Waals surface area contributed by atoms with Gasteiger partial charge >= 0.3 is 0 Å². The van der Waals surface area contributed by atoms with Gasteiger partial charge in [-0.3, -0.25) is 0 Å². The summed E-state index contributed by atoms with van der Waals surface area (Å²) in [5.41, 5.74) is 7.98. The molecule has 1 aromatic heterocycles. The highest BCUT2D eigenvalue weighted by Crippen LogP contribution is 2.24. The molecule has 4 heteroatoms. The zero-order chi connectivity index (χ0) is 9.97. The number of anilines is 1. The molecule has 0 aliphatic carbocycles. The molecule has 0 fully saturated rings. The van der Waals surface area contributed by atoms with Crippen molar-refractivity contribution < 1.29 is 0 Å². The lowest BCUT2D eigenvalue weighted by Gasteiger charge is -1.98. The van der Waals surface area contributed by atoms with E-state index in [4.69, 9.17) is 5.73 Å². The van der Waals surface area contributed by atoms with Gasteiger partial charge in [-0.2, -0.15) is 12.6 Å². The Morgan fingerprint density at radius 3 is 3.07 bits per heavy atom. The van der Waals surface area contributed by atoms with Crippen LogP contribution in [0.3, 0.4) is 0 Å². The van der Waals surface area contributed by atoms with Crippen molar-refractivity contribution in [2.24, 2.45) is 0 Å². The highest BCUT2D eigenvalue weighted by molar-refractivity contribution is 7.80. The first-order chi connectivity index (χ1) is 6.79. The monoisotopic (exact) mass is 224 g/mol. The number of rotatable bonds is 3. The predicted molar refractivity (Wildman–Crippen MR) is 66.2 cm³/mol. The lowest BCUT2D eigenvalue weighted by atomic mass is 10.1. The first-order valence-corrected chi connectivity index (χ1v) is 6.00. The Kier molecular flexibility index (Phi) is 2.93. The quantitative estimate of drug-likeness (QED) is 0.787. The average molecular weight is 224 g/mol. The number of thiol groups is 1. The van der Waals surface area contributed by atoms with Gasteiger partial charge in [-0.05, 0) is 36.3 Å². The number of aryl methyl sites for hydroxylation is 1. The van der Waals surface area contributed by atoms with E-state index in [-0.39, 0.29) is 0 Å². The molecule has 2 N–H and O–H groups in total. The maximum absolute atomic E-state index is 5.64. The zero-order valence-corrected chi connectivity index (χ0v) is 9.44. The van der Waals surface area contributed by atoms with Crippen LogP contribution in [-0.2, 0) is 6.42 Å². The highest BCUT2D eigenvalue weighted by Gasteiger charge is 2.01. The summed E-state index contributed by atoms with van der Waals surface area (Å²) >= 11 is 5.75. The van der Waals surface area contributed by atoms with Crippen molar-refractivity contribution in [3.05, 3.63) is 23.8 Å². The fourth-order valence-corrected chi connectivity index (χ4v) is 2.38. The maximum atomic E-state index is 5.64. The topological polar surface area (TPSA) is 38.9 Å². The Balaban J connectivity index is 2.31. The van der Waals surface area contributed by atoms with Crippen molar-refractivity contribution in [3.63, 3.8) is 0 Å². The van der Waals surface area contributed by atoms with Gasteiger partial charge < -0.3 is 5.73 Å². The molecule has 0 atom stereocenters. The molecule has 14 heavy (non-hydrogen) atoms. The third kappa shape index (κ3) is 2.01. The molecule has 2 rings (SSSR count). The summed E-state index contributed by atoms with van der Waals surface area (Å²) in [4.78, 5) is 4.22. The van der Waals surface area contributed by atoms with Gasteiger partial charge in [0.1, 0.15) is 0 Å². The highest BCUT2D eigenvalue weighted by atomic mass is 32.1. The molecule has 2 aromatic rings. The van der Waals surface area contributed by atoms with E-state index in [1.165, 1.54) is 10.3 Å². The maximum Gasteiger partial charge on any atom is 0.181 e. The molecule has 0 amide bonds. The summed E-state index contributed by atoms with van der Waals surface area (Å²) in [5.74, 6) is 0.933. The molecule has 1 heterocycles. The van der Waals surface area contributed by atoms with E-state index in [1.54, 1.807) is 11.3 Å². The molecule has 0 aliphatic rings. The number of benzene rings is 1. The molecule has 0 saturated carbocycles. The number of hydrogen-bond acceptors (Lipinski definition) is 4. The second kappa shape index (κ2) is 4.19. The number of thiazole rings is 1. The number of nitrogens with two attached hydrogens (primary N) is 1. The van der Waals surface area contributed by atoms with Crippen molar-refractivity contribution in [3.8, 4) is 0 Å². The van der Waals surface area contributed by atoms with Gasteiger partial charge in [0.05, 0.1) is 10.2 Å². The van der Waals surface area contributed by atoms with Gasteiger partial charge in [-0.15, -0.1) is 0 Å². The molecular weight excluding hydrogens is 212 g/mol. The molecule has 0 unspecified atom stereocenters. The molecule has 0 radical (unpaired) electrons. The Morgan fingerprint density at radius 2 is 2.29 bits per heavy atom. The third-order valence-electron chi connectivity index (χ3n) is 2.09. The summed E-state index contributed by atoms with van der Waals surface area (Å²) in [6, 6.07) is 6.33. The largest absolute Gasteiger partial charge is 0.375 e. The van der Waals surface area contributed by atoms with Crippen molar-refractivity contribution in [1.82, 2.24) is 4.98 Å². The third-order valence-corrected chi connectivity index (χ3v) is 3.26. The molecule has 0 aliphatic heterocycles. The molecule has 2 nitrogen and oxygen atoms in total. The van der Waals surface area contributed by atoms with Crippen LogP contribution < -0.4 is 5.73 Å². The van der Waals surface area contributed by atoms with Crippen LogP contribution >= 0.6 is 24.0 Å². The Morgan fingerprint density at radius 1 is 1.43 bits per heavy atom. The standard InChI is InChI=1S/C10H12N2S2/c11-10-12-8-4-3-7(2-1-5-13)6-9(8)14-10/h3-4,6,13H,1-2,5H2,(H2,11,12). The van der Waals surface area contributed by atoms with Crippen LogP contribution in [-0.4, -0.2) is 10.7 Å². The van der Waals surface area contributed by atoms with Crippen LogP contribution in [0, 0.1) is 0 Å². The Hall–Kier alpha value is -0.740. The number of fused-ring (bicyclic) bond motifs is 1. The number of hydrogen-bond donors (Lipinski definition) is 2. The second-order valence-corrected chi connectivity index (χ2v) is 4.69. The summed E-state index contributed by atoms with van der Waals surface area (Å²) in [5, 5.41) is 0.645. The average Bonchev–Trinajstić information content (AvgIpc) is 2.54. The number of nitrogen functional groups attached to an aromatic ring is 1. The molecule has 74 valence electrons. The smallest absolute Gasteiger partial charge is 0.181 e. The Labute approximate surface area is 92.6 Å². The summed E-state index contributed by atoms with van der Waals surface area (Å²) in [6.07, 6.45) is 2.19. The van der Waals surface area contributed by atoms with Crippen LogP contribution in [0.25, 0.3) is 10.2 Å². The van der Waals surface area contributed by atoms with Crippen molar-refractivity contribution in [1.29, 1.82) is 0 Å². The number of aromatic nitrogens is 1. The van der Waals surface area contributed by atoms with Gasteiger partial charge in [0.25, 0.3) is 0 Å². The lowest BCUT2D eigenvalue weighted by Crippen LogP contribution is -1.85. The van der Waals surface area contributed by atoms with E-state index >= 15 is 0 Å². The predicted octanol–water partition coefficient (Wildman–Crippen LogP) is 2.74.